The molecular weight excluding hydrogens is 170 g/mol. The van der Waals surface area contributed by atoms with Crippen molar-refractivity contribution in [3.8, 4) is 6.07 Å². The molecule has 0 aromatic heterocycles. The number of fused-ring (bicyclic) bond motifs is 5. The van der Waals surface area contributed by atoms with Crippen LogP contribution in [0.4, 0.5) is 0 Å². The van der Waals surface area contributed by atoms with Crippen molar-refractivity contribution < 1.29 is 0 Å². The summed E-state index contributed by atoms with van der Waals surface area (Å²) in [6.45, 7) is 2.20. The molecule has 0 heterocycles. The van der Waals surface area contributed by atoms with Crippen molar-refractivity contribution >= 4 is 0 Å². The Hall–Kier alpha value is -1.55. The minimum atomic E-state index is 0.519. The summed E-state index contributed by atoms with van der Waals surface area (Å²) in [6.07, 6.45) is 3.52. The van der Waals surface area contributed by atoms with Gasteiger partial charge in [0.25, 0.3) is 0 Å². The van der Waals surface area contributed by atoms with Crippen molar-refractivity contribution in [2.75, 3.05) is 0 Å². The first kappa shape index (κ1) is 7.82. The fourth-order valence-electron chi connectivity index (χ4n) is 2.91. The Balaban J connectivity index is 2.27. The summed E-state index contributed by atoms with van der Waals surface area (Å²) in [6, 6.07) is 8.41. The Morgan fingerprint density at radius 2 is 2.29 bits per heavy atom. The highest BCUT2D eigenvalue weighted by molar-refractivity contribution is 5.57. The van der Waals surface area contributed by atoms with E-state index < -0.39 is 0 Å². The number of hydrogen-bond acceptors (Lipinski definition) is 1. The third-order valence-corrected chi connectivity index (χ3v) is 3.51. The lowest BCUT2D eigenvalue weighted by Crippen LogP contribution is -1.99. The van der Waals surface area contributed by atoms with E-state index >= 15 is 0 Å². The molecule has 3 rings (SSSR count). The average molecular weight is 181 g/mol. The van der Waals surface area contributed by atoms with E-state index in [2.05, 4.69) is 25.1 Å². The van der Waals surface area contributed by atoms with Crippen molar-refractivity contribution in [3.63, 3.8) is 0 Å². The first-order valence-corrected chi connectivity index (χ1v) is 5.02. The number of hydrogen-bond donors (Lipinski definition) is 0. The molecule has 0 unspecified atom stereocenters. The van der Waals surface area contributed by atoms with Gasteiger partial charge in [-0.1, -0.05) is 23.8 Å². The Bertz CT molecular complexity index is 476. The van der Waals surface area contributed by atoms with Crippen LogP contribution in [0.15, 0.2) is 29.8 Å². The van der Waals surface area contributed by atoms with Crippen molar-refractivity contribution in [3.05, 3.63) is 46.5 Å². The summed E-state index contributed by atoms with van der Waals surface area (Å²) in [5, 5.41) is 9.03. The van der Waals surface area contributed by atoms with E-state index in [4.69, 9.17) is 5.26 Å². The summed E-state index contributed by atoms with van der Waals surface area (Å²) in [4.78, 5) is 0. The SMILES string of the molecule is CC1=C[C@@H]2C[C@@H]1c1cccc(C#N)c12. The molecular formula is C13H11N. The monoisotopic (exact) mass is 181 g/mol. The van der Waals surface area contributed by atoms with Crippen LogP contribution in [0.3, 0.4) is 0 Å². The Labute approximate surface area is 83.7 Å². The smallest absolute Gasteiger partial charge is 0.0994 e. The second-order valence-electron chi connectivity index (χ2n) is 4.23. The van der Waals surface area contributed by atoms with E-state index in [1.807, 2.05) is 12.1 Å². The van der Waals surface area contributed by atoms with Crippen molar-refractivity contribution in [2.24, 2.45) is 0 Å². The topological polar surface area (TPSA) is 23.8 Å². The largest absolute Gasteiger partial charge is 0.192 e. The molecule has 68 valence electrons. The molecule has 2 atom stereocenters. The van der Waals surface area contributed by atoms with Crippen LogP contribution in [0.5, 0.6) is 0 Å². The van der Waals surface area contributed by atoms with E-state index in [0.29, 0.717) is 11.8 Å². The predicted octanol–water partition coefficient (Wildman–Crippen LogP) is 3.09. The number of rotatable bonds is 0. The molecule has 1 aromatic carbocycles. The van der Waals surface area contributed by atoms with Gasteiger partial charge in [-0.2, -0.15) is 5.26 Å². The minimum absolute atomic E-state index is 0.519. The van der Waals surface area contributed by atoms with Gasteiger partial charge in [0, 0.05) is 11.8 Å². The van der Waals surface area contributed by atoms with Gasteiger partial charge in [0.2, 0.25) is 0 Å². The van der Waals surface area contributed by atoms with Crippen LogP contribution >= 0.6 is 0 Å². The maximum atomic E-state index is 9.03. The van der Waals surface area contributed by atoms with Crippen LogP contribution in [0, 0.1) is 11.3 Å². The lowest BCUT2D eigenvalue weighted by atomic mass is 9.89. The van der Waals surface area contributed by atoms with Crippen LogP contribution in [0.25, 0.3) is 0 Å². The van der Waals surface area contributed by atoms with Crippen LogP contribution < -0.4 is 0 Å². The summed E-state index contributed by atoms with van der Waals surface area (Å²) in [5.41, 5.74) is 5.05. The normalized spacial score (nSPS) is 27.0. The molecule has 0 spiro atoms. The Morgan fingerprint density at radius 1 is 1.43 bits per heavy atom. The molecule has 1 aromatic rings. The second-order valence-corrected chi connectivity index (χ2v) is 4.23. The van der Waals surface area contributed by atoms with Gasteiger partial charge in [0.15, 0.2) is 0 Å². The summed E-state index contributed by atoms with van der Waals surface area (Å²) in [7, 11) is 0. The van der Waals surface area contributed by atoms with Crippen LogP contribution in [-0.2, 0) is 0 Å². The fourth-order valence-corrected chi connectivity index (χ4v) is 2.91. The van der Waals surface area contributed by atoms with Crippen molar-refractivity contribution in [1.82, 2.24) is 0 Å². The van der Waals surface area contributed by atoms with Gasteiger partial charge in [-0.15, -0.1) is 0 Å². The van der Waals surface area contributed by atoms with E-state index in [1.165, 1.54) is 23.1 Å². The third kappa shape index (κ3) is 0.786. The highest BCUT2D eigenvalue weighted by Gasteiger charge is 2.37. The average Bonchev–Trinajstić information content (AvgIpc) is 2.74. The molecule has 0 saturated heterocycles. The number of nitriles is 1. The fraction of sp³-hybridized carbons (Fsp3) is 0.308. The highest BCUT2D eigenvalue weighted by atomic mass is 14.4. The maximum Gasteiger partial charge on any atom is 0.0994 e. The molecule has 0 radical (unpaired) electrons. The summed E-state index contributed by atoms with van der Waals surface area (Å²) < 4.78 is 0. The van der Waals surface area contributed by atoms with Gasteiger partial charge >= 0.3 is 0 Å². The van der Waals surface area contributed by atoms with E-state index in [1.54, 1.807) is 0 Å². The Kier molecular flexibility index (Phi) is 1.39. The molecule has 2 bridgehead atoms. The van der Waals surface area contributed by atoms with Crippen LogP contribution in [0.2, 0.25) is 0 Å². The molecule has 0 amide bonds. The zero-order valence-electron chi connectivity index (χ0n) is 8.12. The van der Waals surface area contributed by atoms with Gasteiger partial charge in [0.05, 0.1) is 11.6 Å². The first-order chi connectivity index (χ1) is 6.81. The lowest BCUT2D eigenvalue weighted by molar-refractivity contribution is 0.784. The van der Waals surface area contributed by atoms with Gasteiger partial charge in [0.1, 0.15) is 0 Å². The molecule has 1 nitrogen and oxygen atoms in total. The van der Waals surface area contributed by atoms with Gasteiger partial charge in [-0.05, 0) is 30.5 Å². The number of nitrogens with zero attached hydrogens (tertiary/aromatic N) is 1. The molecule has 0 fully saturated rings. The predicted molar refractivity (Wildman–Crippen MR) is 55.0 cm³/mol. The molecule has 1 heteroatoms. The molecule has 0 aliphatic heterocycles. The number of benzene rings is 1. The molecule has 2 aliphatic rings. The second kappa shape index (κ2) is 2.48. The van der Waals surface area contributed by atoms with E-state index in [0.717, 1.165) is 5.56 Å². The number of allylic oxidation sites excluding steroid dienone is 2. The molecule has 2 aliphatic carbocycles. The van der Waals surface area contributed by atoms with Gasteiger partial charge < -0.3 is 0 Å². The standard InChI is InChI=1S/C13H11N/c1-8-5-10-6-12(8)11-4-2-3-9(7-14)13(10)11/h2-5,10,12H,6H2,1H3/t10-,12+/m1/s1. The van der Waals surface area contributed by atoms with Gasteiger partial charge in [-0.25, -0.2) is 0 Å². The van der Waals surface area contributed by atoms with Crippen molar-refractivity contribution in [2.45, 2.75) is 25.2 Å². The molecule has 0 N–H and O–H groups in total. The molecule has 0 saturated carbocycles. The quantitative estimate of drug-likeness (QED) is 0.564. The van der Waals surface area contributed by atoms with Crippen LogP contribution in [0.1, 0.15) is 41.9 Å². The third-order valence-electron chi connectivity index (χ3n) is 3.51. The molecule has 14 heavy (non-hydrogen) atoms. The summed E-state index contributed by atoms with van der Waals surface area (Å²) >= 11 is 0. The zero-order chi connectivity index (χ0) is 9.71. The van der Waals surface area contributed by atoms with Crippen molar-refractivity contribution in [1.29, 1.82) is 5.26 Å². The van der Waals surface area contributed by atoms with E-state index in [-0.39, 0.29) is 0 Å². The first-order valence-electron chi connectivity index (χ1n) is 5.02. The van der Waals surface area contributed by atoms with Gasteiger partial charge in [-0.3, -0.25) is 0 Å². The lowest BCUT2D eigenvalue weighted by Gasteiger charge is -2.14. The van der Waals surface area contributed by atoms with E-state index in [9.17, 15) is 0 Å². The zero-order valence-corrected chi connectivity index (χ0v) is 8.12. The van der Waals surface area contributed by atoms with Crippen LogP contribution in [-0.4, -0.2) is 0 Å². The minimum Gasteiger partial charge on any atom is -0.192 e. The highest BCUT2D eigenvalue weighted by Crippen LogP contribution is 2.52. The summed E-state index contributed by atoms with van der Waals surface area (Å²) in [5.74, 6) is 1.12. The Morgan fingerprint density at radius 3 is 3.07 bits per heavy atom. The maximum absolute atomic E-state index is 9.03.